The van der Waals surface area contributed by atoms with Crippen molar-refractivity contribution >= 4 is 45.0 Å². The second kappa shape index (κ2) is 9.79. The zero-order chi connectivity index (χ0) is 24.3. The molecule has 176 valence electrons. The van der Waals surface area contributed by atoms with Crippen LogP contribution in [-0.4, -0.2) is 35.1 Å². The van der Waals surface area contributed by atoms with Crippen molar-refractivity contribution in [2.24, 2.45) is 0 Å². The largest absolute Gasteiger partial charge is 0.493 e. The molecule has 1 amide bonds. The fourth-order valence-electron chi connectivity index (χ4n) is 3.80. The van der Waals surface area contributed by atoms with Crippen molar-refractivity contribution in [1.29, 1.82) is 0 Å². The van der Waals surface area contributed by atoms with Crippen LogP contribution < -0.4 is 19.1 Å². The molecule has 1 aliphatic heterocycles. The predicted molar refractivity (Wildman–Crippen MR) is 133 cm³/mol. The maximum Gasteiger partial charge on any atom is 0.268 e. The number of anilines is 2. The lowest BCUT2D eigenvalue weighted by Gasteiger charge is -2.22. The number of amides is 1. The zero-order valence-corrected chi connectivity index (χ0v) is 20.2. The van der Waals surface area contributed by atoms with Crippen LogP contribution in [0.5, 0.6) is 11.5 Å². The lowest BCUT2D eigenvalue weighted by molar-refractivity contribution is -0.111. The van der Waals surface area contributed by atoms with E-state index in [1.54, 1.807) is 36.4 Å². The second-order valence-electron chi connectivity index (χ2n) is 7.54. The first-order valence-corrected chi connectivity index (χ1v) is 12.3. The van der Waals surface area contributed by atoms with Crippen molar-refractivity contribution in [3.8, 4) is 11.5 Å². The molecule has 0 fully saturated rings. The van der Waals surface area contributed by atoms with Gasteiger partial charge in [0.15, 0.2) is 11.5 Å². The molecule has 0 bridgehead atoms. The number of hydrogen-bond acceptors (Lipinski definition) is 5. The molecule has 1 aliphatic rings. The second-order valence-corrected chi connectivity index (χ2v) is 9.81. The summed E-state index contributed by atoms with van der Waals surface area (Å²) in [6.45, 7) is 0.330. The summed E-state index contributed by atoms with van der Waals surface area (Å²) >= 11 is 5.87. The van der Waals surface area contributed by atoms with Crippen LogP contribution in [0.15, 0.2) is 71.6 Å². The molecule has 0 saturated heterocycles. The predicted octanol–water partition coefficient (Wildman–Crippen LogP) is 4.76. The van der Waals surface area contributed by atoms with Crippen LogP contribution in [0.2, 0.25) is 5.02 Å². The summed E-state index contributed by atoms with van der Waals surface area (Å²) in [5, 5.41) is 3.29. The van der Waals surface area contributed by atoms with E-state index in [0.29, 0.717) is 34.9 Å². The fourth-order valence-corrected chi connectivity index (χ4v) is 5.64. The molecule has 7 nitrogen and oxygen atoms in total. The van der Waals surface area contributed by atoms with Crippen LogP contribution in [-0.2, 0) is 21.2 Å². The van der Waals surface area contributed by atoms with Gasteiger partial charge in [0.05, 0.1) is 19.9 Å². The SMILES string of the molecule is COc1cc(C=CC(=O)Nc2ccc(Cl)cc2)cc(S(=O)(=O)N2CCc3ccccc32)c1OC. The normalized spacial score (nSPS) is 13.1. The Morgan fingerprint density at radius 2 is 1.79 bits per heavy atom. The minimum atomic E-state index is -3.96. The van der Waals surface area contributed by atoms with E-state index in [1.807, 2.05) is 18.2 Å². The van der Waals surface area contributed by atoms with E-state index >= 15 is 0 Å². The number of rotatable bonds is 7. The number of para-hydroxylation sites is 1. The van der Waals surface area contributed by atoms with Gasteiger partial charge in [-0.1, -0.05) is 29.8 Å². The molecule has 0 aliphatic carbocycles. The van der Waals surface area contributed by atoms with Gasteiger partial charge in [-0.25, -0.2) is 8.42 Å². The van der Waals surface area contributed by atoms with Crippen molar-refractivity contribution in [3.05, 3.63) is 82.9 Å². The number of halogens is 1. The Morgan fingerprint density at radius 1 is 1.06 bits per heavy atom. The van der Waals surface area contributed by atoms with Gasteiger partial charge < -0.3 is 14.8 Å². The molecule has 4 rings (SSSR count). The summed E-state index contributed by atoms with van der Waals surface area (Å²) < 4.78 is 39.6. The van der Waals surface area contributed by atoms with Crippen LogP contribution in [0, 0.1) is 0 Å². The highest BCUT2D eigenvalue weighted by Crippen LogP contribution is 2.40. The highest BCUT2D eigenvalue weighted by atomic mass is 35.5. The summed E-state index contributed by atoms with van der Waals surface area (Å²) in [6.07, 6.45) is 3.46. The third-order valence-electron chi connectivity index (χ3n) is 5.42. The first-order valence-electron chi connectivity index (χ1n) is 10.4. The number of methoxy groups -OCH3 is 2. The molecular weight excluding hydrogens is 476 g/mol. The Bertz CT molecular complexity index is 1350. The van der Waals surface area contributed by atoms with Crippen LogP contribution >= 0.6 is 11.6 Å². The number of hydrogen-bond donors (Lipinski definition) is 1. The summed E-state index contributed by atoms with van der Waals surface area (Å²) in [7, 11) is -1.14. The molecule has 0 aromatic heterocycles. The molecule has 0 radical (unpaired) electrons. The average Bonchev–Trinajstić information content (AvgIpc) is 3.28. The molecule has 0 saturated carbocycles. The van der Waals surface area contributed by atoms with Crippen molar-refractivity contribution in [2.45, 2.75) is 11.3 Å². The van der Waals surface area contributed by atoms with Crippen LogP contribution in [0.1, 0.15) is 11.1 Å². The number of nitrogens with one attached hydrogen (secondary N) is 1. The van der Waals surface area contributed by atoms with Gasteiger partial charge in [0.1, 0.15) is 4.90 Å². The maximum atomic E-state index is 13.7. The molecule has 1 N–H and O–H groups in total. The Hall–Kier alpha value is -3.49. The zero-order valence-electron chi connectivity index (χ0n) is 18.6. The number of carbonyl (C=O) groups is 1. The molecule has 0 unspecified atom stereocenters. The van der Waals surface area contributed by atoms with E-state index < -0.39 is 10.0 Å². The van der Waals surface area contributed by atoms with Gasteiger partial charge in [-0.05, 0) is 66.1 Å². The van der Waals surface area contributed by atoms with Gasteiger partial charge >= 0.3 is 0 Å². The summed E-state index contributed by atoms with van der Waals surface area (Å²) in [5.74, 6) is -0.0292. The highest BCUT2D eigenvalue weighted by Gasteiger charge is 2.34. The van der Waals surface area contributed by atoms with Crippen LogP contribution in [0.4, 0.5) is 11.4 Å². The van der Waals surface area contributed by atoms with E-state index in [-0.39, 0.29) is 22.3 Å². The van der Waals surface area contributed by atoms with Crippen molar-refractivity contribution in [2.75, 3.05) is 30.4 Å². The van der Waals surface area contributed by atoms with Crippen LogP contribution in [0.3, 0.4) is 0 Å². The lowest BCUT2D eigenvalue weighted by atomic mass is 10.2. The smallest absolute Gasteiger partial charge is 0.268 e. The number of sulfonamides is 1. The molecule has 9 heteroatoms. The topological polar surface area (TPSA) is 84.9 Å². The third-order valence-corrected chi connectivity index (χ3v) is 7.49. The maximum absolute atomic E-state index is 13.7. The van der Waals surface area contributed by atoms with Gasteiger partial charge in [0.25, 0.3) is 10.0 Å². The molecule has 3 aromatic rings. The molecule has 0 spiro atoms. The van der Waals surface area contributed by atoms with E-state index in [4.69, 9.17) is 21.1 Å². The first kappa shape index (κ1) is 23.7. The van der Waals surface area contributed by atoms with E-state index in [9.17, 15) is 13.2 Å². The average molecular weight is 499 g/mol. The van der Waals surface area contributed by atoms with Gasteiger partial charge in [-0.15, -0.1) is 0 Å². The van der Waals surface area contributed by atoms with Gasteiger partial charge in [-0.3, -0.25) is 9.10 Å². The van der Waals surface area contributed by atoms with Gasteiger partial charge in [0, 0.05) is 23.3 Å². The van der Waals surface area contributed by atoms with E-state index in [0.717, 1.165) is 5.56 Å². The molecule has 34 heavy (non-hydrogen) atoms. The number of carbonyl (C=O) groups excluding carboxylic acids is 1. The third kappa shape index (κ3) is 4.73. The van der Waals surface area contributed by atoms with E-state index in [2.05, 4.69) is 5.32 Å². The van der Waals surface area contributed by atoms with Gasteiger partial charge in [0.2, 0.25) is 5.91 Å². The first-order chi connectivity index (χ1) is 16.3. The van der Waals surface area contributed by atoms with E-state index in [1.165, 1.54) is 36.7 Å². The molecule has 3 aromatic carbocycles. The quantitative estimate of drug-likeness (QED) is 0.475. The standard InChI is InChI=1S/C25H23ClN2O5S/c1-32-22-15-17(7-12-24(29)27-20-10-8-19(26)9-11-20)16-23(25(22)33-2)34(30,31)28-14-13-18-5-3-4-6-21(18)28/h3-12,15-16H,13-14H2,1-2H3,(H,27,29). The number of ether oxygens (including phenoxy) is 2. The Kier molecular flexibility index (Phi) is 6.81. The Labute approximate surface area is 203 Å². The minimum Gasteiger partial charge on any atom is -0.493 e. The number of benzene rings is 3. The molecule has 0 atom stereocenters. The Balaban J connectivity index is 1.68. The number of fused-ring (bicyclic) bond motifs is 1. The Morgan fingerprint density at radius 3 is 2.50 bits per heavy atom. The molecular formula is C25H23ClN2O5S. The summed E-state index contributed by atoms with van der Waals surface area (Å²) in [5.41, 5.74) is 2.66. The molecule has 1 heterocycles. The highest BCUT2D eigenvalue weighted by molar-refractivity contribution is 7.93. The summed E-state index contributed by atoms with van der Waals surface area (Å²) in [4.78, 5) is 12.3. The summed E-state index contributed by atoms with van der Waals surface area (Å²) in [6, 6.07) is 17.2. The van der Waals surface area contributed by atoms with Gasteiger partial charge in [-0.2, -0.15) is 0 Å². The minimum absolute atomic E-state index is 0.0381. The fraction of sp³-hybridized carbons (Fsp3) is 0.160. The number of nitrogens with zero attached hydrogens (tertiary/aromatic N) is 1. The van der Waals surface area contributed by atoms with Crippen molar-refractivity contribution in [3.63, 3.8) is 0 Å². The van der Waals surface area contributed by atoms with Crippen LogP contribution in [0.25, 0.3) is 6.08 Å². The monoisotopic (exact) mass is 498 g/mol. The van der Waals surface area contributed by atoms with Crippen molar-refractivity contribution in [1.82, 2.24) is 0 Å². The van der Waals surface area contributed by atoms with Crippen molar-refractivity contribution < 1.29 is 22.7 Å². The lowest BCUT2D eigenvalue weighted by Crippen LogP contribution is -2.29.